The van der Waals surface area contributed by atoms with Gasteiger partial charge >= 0.3 is 0 Å². The number of carbonyl (C=O) groups is 2. The summed E-state index contributed by atoms with van der Waals surface area (Å²) < 4.78 is 1.45. The summed E-state index contributed by atoms with van der Waals surface area (Å²) in [5.74, 6) is -0.322. The Morgan fingerprint density at radius 1 is 1.10 bits per heavy atom. The number of aryl methyl sites for hydroxylation is 1. The van der Waals surface area contributed by atoms with E-state index in [0.29, 0.717) is 17.4 Å². The van der Waals surface area contributed by atoms with Gasteiger partial charge in [-0.05, 0) is 31.5 Å². The first-order valence-electron chi connectivity index (χ1n) is 9.77. The van der Waals surface area contributed by atoms with Crippen LogP contribution in [0.4, 0.5) is 5.95 Å². The molecule has 1 atom stereocenters. The fraction of sp³-hybridized carbons (Fsp3) is 0.273. The van der Waals surface area contributed by atoms with Crippen molar-refractivity contribution in [2.45, 2.75) is 39.8 Å². The molecule has 1 unspecified atom stereocenters. The topological polar surface area (TPSA) is 105 Å². The van der Waals surface area contributed by atoms with Gasteiger partial charge in [-0.25, -0.2) is 4.98 Å². The highest BCUT2D eigenvalue weighted by Gasteiger charge is 2.18. The molecule has 0 aliphatic rings. The van der Waals surface area contributed by atoms with Crippen LogP contribution < -0.4 is 21.7 Å². The van der Waals surface area contributed by atoms with Crippen LogP contribution in [0.5, 0.6) is 0 Å². The minimum Gasteiger partial charge on any atom is -0.349 e. The molecular formula is C22H25N5O3. The lowest BCUT2D eigenvalue weighted by molar-refractivity contribution is -0.122. The molecule has 3 rings (SSSR count). The standard InChI is InChI=1S/C22H25N5O3/c1-4-27-21(30)17-7-5-6-8-18(17)24-22(27)26-25-20(29)13-19(23-15(3)28)16-11-9-14(2)10-12-16/h5-12,19H,4,13H2,1-3H3,(H,23,28)(H,24,26)(H,25,29). The summed E-state index contributed by atoms with van der Waals surface area (Å²) in [6.45, 7) is 5.61. The molecule has 3 N–H and O–H groups in total. The number of hydrazine groups is 1. The number of hydrogen-bond donors (Lipinski definition) is 3. The van der Waals surface area contributed by atoms with E-state index >= 15 is 0 Å². The Morgan fingerprint density at radius 2 is 1.80 bits per heavy atom. The number of amides is 2. The van der Waals surface area contributed by atoms with Crippen molar-refractivity contribution in [3.63, 3.8) is 0 Å². The number of para-hydroxylation sites is 1. The molecule has 0 fully saturated rings. The highest BCUT2D eigenvalue weighted by Crippen LogP contribution is 2.18. The molecule has 156 valence electrons. The van der Waals surface area contributed by atoms with Crippen molar-refractivity contribution in [3.8, 4) is 0 Å². The lowest BCUT2D eigenvalue weighted by atomic mass is 10.0. The average Bonchev–Trinajstić information content (AvgIpc) is 2.72. The van der Waals surface area contributed by atoms with Crippen LogP contribution in [0.15, 0.2) is 53.3 Å². The summed E-state index contributed by atoms with van der Waals surface area (Å²) in [7, 11) is 0. The number of fused-ring (bicyclic) bond motifs is 1. The molecule has 0 aliphatic heterocycles. The molecule has 8 heteroatoms. The Morgan fingerprint density at radius 3 is 2.47 bits per heavy atom. The van der Waals surface area contributed by atoms with Crippen molar-refractivity contribution in [1.29, 1.82) is 0 Å². The summed E-state index contributed by atoms with van der Waals surface area (Å²) >= 11 is 0. The van der Waals surface area contributed by atoms with Crippen molar-refractivity contribution >= 4 is 28.7 Å². The normalized spacial score (nSPS) is 11.7. The highest BCUT2D eigenvalue weighted by molar-refractivity contribution is 5.81. The quantitative estimate of drug-likeness (QED) is 0.522. The van der Waals surface area contributed by atoms with Crippen LogP contribution in [0.3, 0.4) is 0 Å². The SMILES string of the molecule is CCn1c(NNC(=O)CC(NC(C)=O)c2ccc(C)cc2)nc2ccccc2c1=O. The van der Waals surface area contributed by atoms with Gasteiger partial charge in [-0.2, -0.15) is 0 Å². The van der Waals surface area contributed by atoms with Crippen molar-refractivity contribution in [2.75, 3.05) is 5.43 Å². The van der Waals surface area contributed by atoms with Gasteiger partial charge in [0.15, 0.2) is 0 Å². The summed E-state index contributed by atoms with van der Waals surface area (Å²) in [4.78, 5) is 41.3. The molecule has 0 spiro atoms. The first kappa shape index (κ1) is 21.0. The van der Waals surface area contributed by atoms with E-state index < -0.39 is 6.04 Å². The third-order valence-electron chi connectivity index (χ3n) is 4.74. The molecule has 0 aliphatic carbocycles. The lowest BCUT2D eigenvalue weighted by Gasteiger charge is -2.19. The van der Waals surface area contributed by atoms with Gasteiger partial charge < -0.3 is 5.32 Å². The number of nitrogens with one attached hydrogen (secondary N) is 3. The fourth-order valence-electron chi connectivity index (χ4n) is 3.22. The van der Waals surface area contributed by atoms with Crippen molar-refractivity contribution in [3.05, 3.63) is 70.0 Å². The van der Waals surface area contributed by atoms with Crippen molar-refractivity contribution in [2.24, 2.45) is 0 Å². The maximum absolute atomic E-state index is 12.7. The summed E-state index contributed by atoms with van der Waals surface area (Å²) in [5.41, 5.74) is 7.62. The third kappa shape index (κ3) is 4.83. The van der Waals surface area contributed by atoms with E-state index in [9.17, 15) is 14.4 Å². The molecule has 30 heavy (non-hydrogen) atoms. The van der Waals surface area contributed by atoms with E-state index in [1.54, 1.807) is 24.3 Å². The van der Waals surface area contributed by atoms with Gasteiger partial charge in [-0.3, -0.25) is 29.8 Å². The maximum atomic E-state index is 12.7. The molecule has 1 heterocycles. The number of aromatic nitrogens is 2. The van der Waals surface area contributed by atoms with E-state index in [1.165, 1.54) is 11.5 Å². The highest BCUT2D eigenvalue weighted by atomic mass is 16.2. The lowest BCUT2D eigenvalue weighted by Crippen LogP contribution is -2.37. The van der Waals surface area contributed by atoms with Crippen molar-refractivity contribution < 1.29 is 9.59 Å². The van der Waals surface area contributed by atoms with Crippen LogP contribution in [0, 0.1) is 6.92 Å². The summed E-state index contributed by atoms with van der Waals surface area (Å²) in [6.07, 6.45) is 0.0274. The molecule has 0 radical (unpaired) electrons. The molecule has 2 aromatic carbocycles. The van der Waals surface area contributed by atoms with Crippen LogP contribution in [-0.2, 0) is 16.1 Å². The van der Waals surface area contributed by atoms with Gasteiger partial charge in [0, 0.05) is 13.5 Å². The van der Waals surface area contributed by atoms with Gasteiger partial charge in [0.05, 0.1) is 23.4 Å². The molecule has 3 aromatic rings. The van der Waals surface area contributed by atoms with Crippen LogP contribution in [0.2, 0.25) is 0 Å². The Bertz CT molecular complexity index is 1120. The Hall–Kier alpha value is -3.68. The van der Waals surface area contributed by atoms with Crippen LogP contribution in [-0.4, -0.2) is 21.4 Å². The smallest absolute Gasteiger partial charge is 0.262 e. The maximum Gasteiger partial charge on any atom is 0.262 e. The second-order valence-electron chi connectivity index (χ2n) is 7.04. The second-order valence-corrected chi connectivity index (χ2v) is 7.04. The number of benzene rings is 2. The molecule has 2 amide bonds. The van der Waals surface area contributed by atoms with E-state index in [-0.39, 0.29) is 29.7 Å². The fourth-order valence-corrected chi connectivity index (χ4v) is 3.22. The second kappa shape index (κ2) is 9.21. The predicted octanol–water partition coefficient (Wildman–Crippen LogP) is 2.44. The number of rotatable bonds is 7. The zero-order valence-electron chi connectivity index (χ0n) is 17.2. The molecule has 8 nitrogen and oxygen atoms in total. The van der Waals surface area contributed by atoms with Gasteiger partial charge in [0.2, 0.25) is 17.8 Å². The van der Waals surface area contributed by atoms with E-state index in [0.717, 1.165) is 11.1 Å². The third-order valence-corrected chi connectivity index (χ3v) is 4.74. The number of nitrogens with zero attached hydrogens (tertiary/aromatic N) is 2. The minimum absolute atomic E-state index is 0.0274. The summed E-state index contributed by atoms with van der Waals surface area (Å²) in [6, 6.07) is 14.2. The molecular weight excluding hydrogens is 382 g/mol. The van der Waals surface area contributed by atoms with Gasteiger partial charge in [-0.15, -0.1) is 0 Å². The van der Waals surface area contributed by atoms with E-state index in [4.69, 9.17) is 0 Å². The average molecular weight is 407 g/mol. The molecule has 0 saturated carbocycles. The summed E-state index contributed by atoms with van der Waals surface area (Å²) in [5, 5.41) is 3.32. The monoisotopic (exact) mass is 407 g/mol. The van der Waals surface area contributed by atoms with Crippen LogP contribution in [0.1, 0.15) is 37.4 Å². The van der Waals surface area contributed by atoms with Crippen LogP contribution in [0.25, 0.3) is 10.9 Å². The van der Waals surface area contributed by atoms with E-state index in [2.05, 4.69) is 21.2 Å². The molecule has 0 saturated heterocycles. The Balaban J connectivity index is 1.76. The molecule has 1 aromatic heterocycles. The largest absolute Gasteiger partial charge is 0.349 e. The predicted molar refractivity (Wildman–Crippen MR) is 116 cm³/mol. The number of carbonyl (C=O) groups excluding carboxylic acids is 2. The Labute approximate surface area is 174 Å². The van der Waals surface area contributed by atoms with Gasteiger partial charge in [0.25, 0.3) is 5.56 Å². The first-order valence-corrected chi connectivity index (χ1v) is 9.77. The molecule has 0 bridgehead atoms. The zero-order chi connectivity index (χ0) is 21.7. The first-order chi connectivity index (χ1) is 14.4. The van der Waals surface area contributed by atoms with Crippen molar-refractivity contribution in [1.82, 2.24) is 20.3 Å². The Kier molecular flexibility index (Phi) is 6.46. The van der Waals surface area contributed by atoms with Gasteiger partial charge in [0.1, 0.15) is 0 Å². The number of anilines is 1. The van der Waals surface area contributed by atoms with E-state index in [1.807, 2.05) is 38.1 Å². The van der Waals surface area contributed by atoms with Gasteiger partial charge in [-0.1, -0.05) is 42.0 Å². The minimum atomic E-state index is -0.470. The number of hydrogen-bond acceptors (Lipinski definition) is 5. The zero-order valence-corrected chi connectivity index (χ0v) is 17.2. The van der Waals surface area contributed by atoms with Crippen LogP contribution >= 0.6 is 0 Å².